The van der Waals surface area contributed by atoms with Gasteiger partial charge in [0.15, 0.2) is 0 Å². The van der Waals surface area contributed by atoms with Gasteiger partial charge in [0, 0.05) is 40.9 Å². The van der Waals surface area contributed by atoms with Crippen LogP contribution in [0.4, 0.5) is 0 Å². The molecule has 4 rings (SSSR count). The van der Waals surface area contributed by atoms with E-state index in [1.807, 2.05) is 24.5 Å². The Bertz CT molecular complexity index is 952. The van der Waals surface area contributed by atoms with Gasteiger partial charge in [0.2, 0.25) is 5.88 Å². The molecule has 3 aromatic rings. The van der Waals surface area contributed by atoms with E-state index in [4.69, 9.17) is 14.7 Å². The van der Waals surface area contributed by atoms with Gasteiger partial charge in [-0.05, 0) is 38.0 Å². The van der Waals surface area contributed by atoms with E-state index >= 15 is 0 Å². The number of hydrogen-bond acceptors (Lipinski definition) is 6. The number of rotatable bonds is 6. The lowest BCUT2D eigenvalue weighted by Crippen LogP contribution is -2.15. The molecule has 1 atom stereocenters. The number of thiazole rings is 1. The summed E-state index contributed by atoms with van der Waals surface area (Å²) in [6.07, 6.45) is 10.6. The molecule has 0 fully saturated rings. The maximum absolute atomic E-state index is 6.16. The van der Waals surface area contributed by atoms with Crippen molar-refractivity contribution in [2.75, 3.05) is 0 Å². The van der Waals surface area contributed by atoms with Crippen LogP contribution in [0.25, 0.3) is 6.08 Å². The second-order valence-electron chi connectivity index (χ2n) is 6.61. The van der Waals surface area contributed by atoms with Gasteiger partial charge in [-0.3, -0.25) is 4.98 Å². The Kier molecular flexibility index (Phi) is 5.25. The zero-order chi connectivity index (χ0) is 18.6. The molecule has 0 N–H and O–H groups in total. The summed E-state index contributed by atoms with van der Waals surface area (Å²) in [5.74, 6) is 1.76. The van der Waals surface area contributed by atoms with E-state index in [2.05, 4.69) is 42.0 Å². The zero-order valence-electron chi connectivity index (χ0n) is 15.6. The lowest BCUT2D eigenvalue weighted by atomic mass is 9.86. The monoisotopic (exact) mass is 378 g/mol. The second-order valence-corrected chi connectivity index (χ2v) is 7.93. The Balaban J connectivity index is 1.66. The van der Waals surface area contributed by atoms with Crippen molar-refractivity contribution in [3.05, 3.63) is 69.3 Å². The highest BCUT2D eigenvalue weighted by Crippen LogP contribution is 2.37. The molecule has 0 bridgehead atoms. The number of pyridine rings is 1. The zero-order valence-corrected chi connectivity index (χ0v) is 16.4. The van der Waals surface area contributed by atoms with Crippen LogP contribution < -0.4 is 4.74 Å². The van der Waals surface area contributed by atoms with E-state index in [0.29, 0.717) is 12.5 Å². The van der Waals surface area contributed by atoms with Gasteiger partial charge in [-0.25, -0.2) is 9.97 Å². The van der Waals surface area contributed by atoms with Crippen LogP contribution in [0, 0.1) is 6.92 Å². The summed E-state index contributed by atoms with van der Waals surface area (Å²) in [7, 11) is 0. The molecule has 138 valence electrons. The molecule has 0 amide bonds. The smallest absolute Gasteiger partial charge is 0.221 e. The van der Waals surface area contributed by atoms with Crippen LogP contribution in [0.1, 0.15) is 51.9 Å². The van der Waals surface area contributed by atoms with Crippen molar-refractivity contribution in [1.29, 1.82) is 0 Å². The van der Waals surface area contributed by atoms with Crippen molar-refractivity contribution in [2.24, 2.45) is 0 Å². The maximum atomic E-state index is 6.16. The molecular weight excluding hydrogens is 356 g/mol. The van der Waals surface area contributed by atoms with E-state index in [9.17, 15) is 0 Å². The highest BCUT2D eigenvalue weighted by atomic mass is 32.1. The van der Waals surface area contributed by atoms with Gasteiger partial charge in [-0.1, -0.05) is 19.1 Å². The normalized spacial score (nSPS) is 15.6. The van der Waals surface area contributed by atoms with Gasteiger partial charge in [0.1, 0.15) is 17.4 Å². The van der Waals surface area contributed by atoms with Crippen LogP contribution in [0.15, 0.2) is 36.7 Å². The molecule has 0 aliphatic heterocycles. The SMILES string of the molecule is CCc1nc2c(c(OCc3ncc(C)s3)n1)C(Cc1ccccn1)CC=C2. The minimum Gasteiger partial charge on any atom is -0.470 e. The summed E-state index contributed by atoms with van der Waals surface area (Å²) in [5, 5.41) is 0.963. The number of hydrogen-bond donors (Lipinski definition) is 0. The van der Waals surface area contributed by atoms with Crippen LogP contribution in [-0.2, 0) is 19.4 Å². The van der Waals surface area contributed by atoms with E-state index in [1.165, 1.54) is 4.88 Å². The first-order chi connectivity index (χ1) is 13.2. The summed E-state index contributed by atoms with van der Waals surface area (Å²) in [5.41, 5.74) is 3.14. The number of nitrogens with zero attached hydrogens (tertiary/aromatic N) is 4. The van der Waals surface area contributed by atoms with E-state index in [-0.39, 0.29) is 5.92 Å². The molecule has 0 saturated carbocycles. The molecular formula is C21H22N4OS. The first-order valence-corrected chi connectivity index (χ1v) is 10.1. The second kappa shape index (κ2) is 7.96. The molecule has 3 heterocycles. The highest BCUT2D eigenvalue weighted by molar-refractivity contribution is 7.11. The Morgan fingerprint density at radius 3 is 2.89 bits per heavy atom. The molecule has 27 heavy (non-hydrogen) atoms. The molecule has 0 aromatic carbocycles. The van der Waals surface area contributed by atoms with Gasteiger partial charge in [-0.2, -0.15) is 4.98 Å². The van der Waals surface area contributed by atoms with Gasteiger partial charge in [0.05, 0.1) is 5.69 Å². The van der Waals surface area contributed by atoms with Crippen molar-refractivity contribution in [1.82, 2.24) is 19.9 Å². The lowest BCUT2D eigenvalue weighted by Gasteiger charge is -2.23. The number of ether oxygens (including phenoxy) is 1. The van der Waals surface area contributed by atoms with Crippen molar-refractivity contribution in [3.8, 4) is 5.88 Å². The van der Waals surface area contributed by atoms with Crippen molar-refractivity contribution in [2.45, 2.75) is 45.6 Å². The standard InChI is InChI=1S/C21H22N4OS/c1-3-18-24-17-9-6-7-15(11-16-8-4-5-10-22-16)20(17)21(25-18)26-13-19-23-12-14(2)27-19/h4-6,8-10,12,15H,3,7,11,13H2,1-2H3. The molecule has 0 saturated heterocycles. The molecule has 1 unspecified atom stereocenters. The number of allylic oxidation sites excluding steroid dienone is 1. The van der Waals surface area contributed by atoms with Crippen molar-refractivity contribution in [3.63, 3.8) is 0 Å². The molecule has 1 aliphatic rings. The molecule has 1 aliphatic carbocycles. The third kappa shape index (κ3) is 4.06. The molecule has 6 heteroatoms. The van der Waals surface area contributed by atoms with E-state index in [0.717, 1.165) is 47.0 Å². The predicted octanol–water partition coefficient (Wildman–Crippen LogP) is 4.52. The first kappa shape index (κ1) is 17.8. The van der Waals surface area contributed by atoms with E-state index in [1.54, 1.807) is 11.3 Å². The third-order valence-electron chi connectivity index (χ3n) is 4.59. The fourth-order valence-corrected chi connectivity index (χ4v) is 4.01. The Morgan fingerprint density at radius 2 is 2.15 bits per heavy atom. The number of aryl methyl sites for hydroxylation is 2. The van der Waals surface area contributed by atoms with Crippen LogP contribution >= 0.6 is 11.3 Å². The minimum absolute atomic E-state index is 0.263. The third-order valence-corrected chi connectivity index (χ3v) is 5.48. The Morgan fingerprint density at radius 1 is 1.22 bits per heavy atom. The summed E-state index contributed by atoms with van der Waals surface area (Å²) in [6.45, 7) is 4.55. The Hall–Kier alpha value is -2.60. The molecule has 3 aromatic heterocycles. The summed E-state index contributed by atoms with van der Waals surface area (Å²) in [6, 6.07) is 6.04. The lowest BCUT2D eigenvalue weighted by molar-refractivity contribution is 0.285. The molecule has 5 nitrogen and oxygen atoms in total. The highest BCUT2D eigenvalue weighted by Gasteiger charge is 2.25. The quantitative estimate of drug-likeness (QED) is 0.631. The number of fused-ring (bicyclic) bond motifs is 1. The van der Waals surface area contributed by atoms with Gasteiger partial charge in [-0.15, -0.1) is 11.3 Å². The fraction of sp³-hybridized carbons (Fsp3) is 0.333. The summed E-state index contributed by atoms with van der Waals surface area (Å²) >= 11 is 1.65. The van der Waals surface area contributed by atoms with Gasteiger partial charge >= 0.3 is 0 Å². The van der Waals surface area contributed by atoms with Crippen LogP contribution in [-0.4, -0.2) is 19.9 Å². The average molecular weight is 379 g/mol. The molecule has 0 spiro atoms. The summed E-state index contributed by atoms with van der Waals surface area (Å²) in [4.78, 5) is 19.5. The Labute approximate surface area is 163 Å². The van der Waals surface area contributed by atoms with Crippen LogP contribution in [0.3, 0.4) is 0 Å². The van der Waals surface area contributed by atoms with E-state index < -0.39 is 0 Å². The summed E-state index contributed by atoms with van der Waals surface area (Å²) < 4.78 is 6.16. The van der Waals surface area contributed by atoms with Gasteiger partial charge < -0.3 is 4.74 Å². The average Bonchev–Trinajstić information content (AvgIpc) is 3.12. The van der Waals surface area contributed by atoms with Crippen molar-refractivity contribution < 1.29 is 4.74 Å². The van der Waals surface area contributed by atoms with Crippen LogP contribution in [0.2, 0.25) is 0 Å². The van der Waals surface area contributed by atoms with Crippen molar-refractivity contribution >= 4 is 17.4 Å². The maximum Gasteiger partial charge on any atom is 0.221 e. The minimum atomic E-state index is 0.263. The number of aromatic nitrogens is 4. The molecule has 0 radical (unpaired) electrons. The fourth-order valence-electron chi connectivity index (χ4n) is 3.31. The van der Waals surface area contributed by atoms with Gasteiger partial charge in [0.25, 0.3) is 0 Å². The predicted molar refractivity (Wildman–Crippen MR) is 107 cm³/mol. The van der Waals surface area contributed by atoms with Crippen LogP contribution in [0.5, 0.6) is 5.88 Å². The topological polar surface area (TPSA) is 60.8 Å². The largest absolute Gasteiger partial charge is 0.470 e. The first-order valence-electron chi connectivity index (χ1n) is 9.24.